The summed E-state index contributed by atoms with van der Waals surface area (Å²) in [6.07, 6.45) is 7.82. The first-order valence-electron chi connectivity index (χ1n) is 10.4. The Morgan fingerprint density at radius 1 is 1.21 bits per heavy atom. The SMILES string of the molecule is CC1CCCCN1C(=O)CSc1ncc(-c2ccccc2)n1CC1CCCO1. The van der Waals surface area contributed by atoms with Gasteiger partial charge in [-0.3, -0.25) is 4.79 Å². The molecule has 0 N–H and O–H groups in total. The van der Waals surface area contributed by atoms with Crippen LogP contribution in [0.3, 0.4) is 0 Å². The predicted molar refractivity (Wildman–Crippen MR) is 112 cm³/mol. The molecule has 4 rings (SSSR count). The number of carbonyl (C=O) groups excluding carboxylic acids is 1. The van der Waals surface area contributed by atoms with Crippen LogP contribution in [-0.2, 0) is 16.1 Å². The van der Waals surface area contributed by atoms with Crippen LogP contribution >= 0.6 is 11.8 Å². The van der Waals surface area contributed by atoms with Gasteiger partial charge < -0.3 is 14.2 Å². The Bertz CT molecular complexity index is 786. The number of hydrogen-bond acceptors (Lipinski definition) is 4. The Hall–Kier alpha value is -1.79. The zero-order valence-corrected chi connectivity index (χ0v) is 17.4. The van der Waals surface area contributed by atoms with Crippen LogP contribution in [0.4, 0.5) is 0 Å². The van der Waals surface area contributed by atoms with Crippen LogP contribution in [0.2, 0.25) is 0 Å². The van der Waals surface area contributed by atoms with E-state index in [4.69, 9.17) is 4.74 Å². The summed E-state index contributed by atoms with van der Waals surface area (Å²) in [7, 11) is 0. The number of piperidine rings is 1. The summed E-state index contributed by atoms with van der Waals surface area (Å²) >= 11 is 1.55. The second-order valence-corrected chi connectivity index (χ2v) is 8.70. The number of ether oxygens (including phenoxy) is 1. The van der Waals surface area contributed by atoms with Gasteiger partial charge >= 0.3 is 0 Å². The molecule has 1 aromatic heterocycles. The third kappa shape index (κ3) is 4.44. The predicted octanol–water partition coefficient (Wildman–Crippen LogP) is 4.22. The number of likely N-dealkylation sites (tertiary alicyclic amines) is 1. The van der Waals surface area contributed by atoms with Crippen LogP contribution in [0.15, 0.2) is 41.7 Å². The van der Waals surface area contributed by atoms with E-state index in [1.54, 1.807) is 11.8 Å². The van der Waals surface area contributed by atoms with Crippen LogP contribution in [0.25, 0.3) is 11.3 Å². The quantitative estimate of drug-likeness (QED) is 0.682. The Morgan fingerprint density at radius 2 is 2.07 bits per heavy atom. The van der Waals surface area contributed by atoms with Gasteiger partial charge in [-0.15, -0.1) is 0 Å². The fraction of sp³-hybridized carbons (Fsp3) is 0.545. The molecule has 0 saturated carbocycles. The Kier molecular flexibility index (Phi) is 6.37. The molecule has 150 valence electrons. The van der Waals surface area contributed by atoms with Gasteiger partial charge in [0.05, 0.1) is 30.3 Å². The van der Waals surface area contributed by atoms with E-state index >= 15 is 0 Å². The van der Waals surface area contributed by atoms with Crippen molar-refractivity contribution in [2.45, 2.75) is 62.9 Å². The molecule has 1 amide bonds. The molecule has 0 aliphatic carbocycles. The number of amides is 1. The van der Waals surface area contributed by atoms with Crippen LogP contribution in [0.5, 0.6) is 0 Å². The van der Waals surface area contributed by atoms with E-state index in [2.05, 4.69) is 28.6 Å². The minimum Gasteiger partial charge on any atom is -0.376 e. The van der Waals surface area contributed by atoms with Crippen LogP contribution in [-0.4, -0.2) is 51.4 Å². The molecule has 3 heterocycles. The Balaban J connectivity index is 1.51. The van der Waals surface area contributed by atoms with Crippen LogP contribution in [0.1, 0.15) is 39.0 Å². The number of imidazole rings is 1. The number of rotatable bonds is 6. The Morgan fingerprint density at radius 3 is 2.82 bits per heavy atom. The standard InChI is InChI=1S/C22H29N3O2S/c1-17-8-5-6-12-24(17)21(26)16-28-22-23-14-20(18-9-3-2-4-10-18)25(22)15-19-11-7-13-27-19/h2-4,9-10,14,17,19H,5-8,11-13,15-16H2,1H3. The molecule has 0 radical (unpaired) electrons. The molecule has 2 aliphatic heterocycles. The highest BCUT2D eigenvalue weighted by atomic mass is 32.2. The fourth-order valence-electron chi connectivity index (χ4n) is 4.16. The monoisotopic (exact) mass is 399 g/mol. The van der Waals surface area contributed by atoms with Crippen molar-refractivity contribution in [1.82, 2.24) is 14.5 Å². The minimum atomic E-state index is 0.227. The van der Waals surface area contributed by atoms with Crippen molar-refractivity contribution in [3.8, 4) is 11.3 Å². The summed E-state index contributed by atoms with van der Waals surface area (Å²) in [5.41, 5.74) is 2.24. The topological polar surface area (TPSA) is 47.4 Å². The average molecular weight is 400 g/mol. The molecule has 28 heavy (non-hydrogen) atoms. The van der Waals surface area contributed by atoms with Crippen molar-refractivity contribution in [3.63, 3.8) is 0 Å². The van der Waals surface area contributed by atoms with Gasteiger partial charge in [-0.1, -0.05) is 42.1 Å². The summed E-state index contributed by atoms with van der Waals surface area (Å²) in [4.78, 5) is 19.5. The molecule has 0 spiro atoms. The first-order valence-corrected chi connectivity index (χ1v) is 11.4. The van der Waals surface area contributed by atoms with Crippen LogP contribution < -0.4 is 0 Å². The van der Waals surface area contributed by atoms with E-state index in [1.165, 1.54) is 6.42 Å². The maximum atomic E-state index is 12.8. The van der Waals surface area contributed by atoms with Crippen molar-refractivity contribution < 1.29 is 9.53 Å². The number of benzene rings is 1. The lowest BCUT2D eigenvalue weighted by atomic mass is 10.0. The lowest BCUT2D eigenvalue weighted by molar-refractivity contribution is -0.131. The molecule has 2 fully saturated rings. The first-order chi connectivity index (χ1) is 13.7. The number of hydrogen-bond donors (Lipinski definition) is 0. The van der Waals surface area contributed by atoms with Crippen molar-refractivity contribution in [2.75, 3.05) is 18.9 Å². The van der Waals surface area contributed by atoms with E-state index < -0.39 is 0 Å². The number of aromatic nitrogens is 2. The van der Waals surface area contributed by atoms with Gasteiger partial charge in [0, 0.05) is 19.2 Å². The highest BCUT2D eigenvalue weighted by Gasteiger charge is 2.25. The summed E-state index contributed by atoms with van der Waals surface area (Å²) in [5.74, 6) is 0.673. The van der Waals surface area contributed by atoms with Crippen molar-refractivity contribution in [1.29, 1.82) is 0 Å². The van der Waals surface area contributed by atoms with E-state index in [0.29, 0.717) is 11.8 Å². The van der Waals surface area contributed by atoms with Crippen LogP contribution in [0, 0.1) is 0 Å². The zero-order chi connectivity index (χ0) is 19.3. The lowest BCUT2D eigenvalue weighted by Crippen LogP contribution is -2.43. The maximum absolute atomic E-state index is 12.8. The summed E-state index contributed by atoms with van der Waals surface area (Å²) in [6, 6.07) is 10.7. The molecular weight excluding hydrogens is 370 g/mol. The molecule has 2 atom stereocenters. The van der Waals surface area contributed by atoms with E-state index in [-0.39, 0.29) is 12.0 Å². The molecule has 6 heteroatoms. The smallest absolute Gasteiger partial charge is 0.233 e. The minimum absolute atomic E-state index is 0.227. The number of carbonyl (C=O) groups is 1. The molecule has 5 nitrogen and oxygen atoms in total. The van der Waals surface area contributed by atoms with E-state index in [1.807, 2.05) is 29.3 Å². The largest absolute Gasteiger partial charge is 0.376 e. The van der Waals surface area contributed by atoms with Crippen molar-refractivity contribution in [3.05, 3.63) is 36.5 Å². The first kappa shape index (κ1) is 19.5. The molecule has 0 bridgehead atoms. The van der Waals surface area contributed by atoms with E-state index in [9.17, 15) is 4.79 Å². The maximum Gasteiger partial charge on any atom is 0.233 e. The summed E-state index contributed by atoms with van der Waals surface area (Å²) < 4.78 is 8.11. The summed E-state index contributed by atoms with van der Waals surface area (Å²) in [5, 5.41) is 0.910. The third-order valence-electron chi connectivity index (χ3n) is 5.75. The van der Waals surface area contributed by atoms with Gasteiger partial charge in [0.25, 0.3) is 0 Å². The van der Waals surface area contributed by atoms with Gasteiger partial charge in [0.2, 0.25) is 5.91 Å². The molecular formula is C22H29N3O2S. The van der Waals surface area contributed by atoms with E-state index in [0.717, 1.165) is 61.8 Å². The highest BCUT2D eigenvalue weighted by molar-refractivity contribution is 7.99. The fourth-order valence-corrected chi connectivity index (χ4v) is 5.03. The molecule has 2 unspecified atom stereocenters. The zero-order valence-electron chi connectivity index (χ0n) is 16.5. The normalized spacial score (nSPS) is 22.5. The second kappa shape index (κ2) is 9.14. The highest BCUT2D eigenvalue weighted by Crippen LogP contribution is 2.29. The molecule has 2 aromatic rings. The van der Waals surface area contributed by atoms with Gasteiger partial charge in [0.1, 0.15) is 0 Å². The van der Waals surface area contributed by atoms with Gasteiger partial charge in [-0.05, 0) is 44.6 Å². The van der Waals surface area contributed by atoms with Crippen molar-refractivity contribution >= 4 is 17.7 Å². The molecule has 2 saturated heterocycles. The van der Waals surface area contributed by atoms with Crippen molar-refractivity contribution in [2.24, 2.45) is 0 Å². The van der Waals surface area contributed by atoms with Gasteiger partial charge in [-0.2, -0.15) is 0 Å². The lowest BCUT2D eigenvalue weighted by Gasteiger charge is -2.33. The number of thioether (sulfide) groups is 1. The third-order valence-corrected chi connectivity index (χ3v) is 6.72. The number of nitrogens with zero attached hydrogens (tertiary/aromatic N) is 3. The van der Waals surface area contributed by atoms with Gasteiger partial charge in [-0.25, -0.2) is 4.98 Å². The van der Waals surface area contributed by atoms with Gasteiger partial charge in [0.15, 0.2) is 5.16 Å². The second-order valence-electron chi connectivity index (χ2n) is 7.76. The molecule has 1 aromatic carbocycles. The Labute approximate surface area is 171 Å². The summed E-state index contributed by atoms with van der Waals surface area (Å²) in [6.45, 7) is 4.68. The molecule has 2 aliphatic rings. The average Bonchev–Trinajstić information content (AvgIpc) is 3.38.